The molecule has 0 bridgehead atoms. The van der Waals surface area contributed by atoms with Crippen molar-refractivity contribution in [3.63, 3.8) is 0 Å². The maximum atomic E-state index is 11.3. The van der Waals surface area contributed by atoms with Gasteiger partial charge in [0.15, 0.2) is 0 Å². The van der Waals surface area contributed by atoms with Crippen LogP contribution in [-0.2, 0) is 9.32 Å². The number of hydroxylamine groups is 2. The Labute approximate surface area is 112 Å². The van der Waals surface area contributed by atoms with Gasteiger partial charge in [-0.25, -0.2) is 0 Å². The summed E-state index contributed by atoms with van der Waals surface area (Å²) < 4.78 is 5.96. The van der Waals surface area contributed by atoms with Crippen LogP contribution in [0.5, 0.6) is 0 Å². The molecule has 0 spiro atoms. The van der Waals surface area contributed by atoms with Gasteiger partial charge in [-0.05, 0) is 31.5 Å². The molecule has 0 aliphatic carbocycles. The monoisotopic (exact) mass is 275 g/mol. The Balaban J connectivity index is 4.49. The number of nitrogens with zero attached hydrogens (tertiary/aromatic N) is 1. The highest BCUT2D eigenvalue weighted by Crippen LogP contribution is 2.19. The zero-order valence-electron chi connectivity index (χ0n) is 12.7. The van der Waals surface area contributed by atoms with Crippen LogP contribution in [0.2, 0.25) is 19.1 Å². The molecule has 0 fully saturated rings. The molecule has 0 radical (unpaired) electrons. The second-order valence-corrected chi connectivity index (χ2v) is 10.2. The Hall–Kier alpha value is -0.393. The molecule has 0 aromatic rings. The molecule has 4 nitrogen and oxygen atoms in total. The van der Waals surface area contributed by atoms with Crippen molar-refractivity contribution in [1.29, 1.82) is 0 Å². The normalized spacial score (nSPS) is 14.2. The molecule has 0 aromatic carbocycles. The molecular weight excluding hydrogens is 246 g/mol. The summed E-state index contributed by atoms with van der Waals surface area (Å²) in [6.07, 6.45) is 2.91. The third-order valence-electron chi connectivity index (χ3n) is 2.94. The Morgan fingerprint density at radius 2 is 1.94 bits per heavy atom. The van der Waals surface area contributed by atoms with E-state index in [1.807, 2.05) is 13.8 Å². The number of carboxylic acid groups (broad SMARTS) is 1. The number of hydrogen-bond acceptors (Lipinski definition) is 3. The summed E-state index contributed by atoms with van der Waals surface area (Å²) in [7, 11) is -0.0326. The van der Waals surface area contributed by atoms with Crippen LogP contribution in [0, 0.1) is 5.92 Å². The molecule has 0 saturated carbocycles. The Morgan fingerprint density at radius 3 is 2.33 bits per heavy atom. The lowest BCUT2D eigenvalue weighted by Crippen LogP contribution is -2.46. The van der Waals surface area contributed by atoms with Crippen LogP contribution in [0.15, 0.2) is 0 Å². The minimum absolute atomic E-state index is 0.345. The van der Waals surface area contributed by atoms with E-state index in [-0.39, 0.29) is 0 Å². The van der Waals surface area contributed by atoms with Gasteiger partial charge in [0.1, 0.15) is 6.04 Å². The number of carboxylic acids is 1. The summed E-state index contributed by atoms with van der Waals surface area (Å²) in [5.74, 6) is -0.455. The van der Waals surface area contributed by atoms with E-state index in [4.69, 9.17) is 4.53 Å². The lowest BCUT2D eigenvalue weighted by atomic mass is 10.0. The summed E-state index contributed by atoms with van der Waals surface area (Å²) in [6.45, 7) is 10.5. The fourth-order valence-corrected chi connectivity index (χ4v) is 4.16. The van der Waals surface area contributed by atoms with Crippen molar-refractivity contribution in [2.75, 3.05) is 7.05 Å². The topological polar surface area (TPSA) is 49.8 Å². The lowest BCUT2D eigenvalue weighted by Gasteiger charge is -2.33. The number of likely N-dealkylation sites (N-methyl/N-ethyl adjacent to an activating group) is 1. The van der Waals surface area contributed by atoms with Crippen molar-refractivity contribution in [2.24, 2.45) is 5.92 Å². The smallest absolute Gasteiger partial charge is 0.323 e. The minimum atomic E-state index is -1.78. The third-order valence-corrected chi connectivity index (χ3v) is 5.28. The Bertz CT molecular complexity index is 257. The highest BCUT2D eigenvalue weighted by Gasteiger charge is 2.31. The molecule has 0 aliphatic rings. The fourth-order valence-electron chi connectivity index (χ4n) is 1.95. The molecule has 0 aromatic heterocycles. The van der Waals surface area contributed by atoms with E-state index >= 15 is 0 Å². The van der Waals surface area contributed by atoms with E-state index in [1.54, 1.807) is 12.1 Å². The molecule has 0 amide bonds. The number of aliphatic carboxylic acids is 1. The molecule has 108 valence electrons. The zero-order valence-corrected chi connectivity index (χ0v) is 13.7. The molecule has 0 heterocycles. The van der Waals surface area contributed by atoms with Gasteiger partial charge >= 0.3 is 5.97 Å². The van der Waals surface area contributed by atoms with E-state index in [9.17, 15) is 9.90 Å². The molecule has 18 heavy (non-hydrogen) atoms. The van der Waals surface area contributed by atoms with Crippen LogP contribution in [0.4, 0.5) is 0 Å². The first-order valence-corrected chi connectivity index (χ1v) is 9.96. The van der Waals surface area contributed by atoms with E-state index in [1.165, 1.54) is 0 Å². The Kier molecular flexibility index (Phi) is 7.74. The number of carbonyl (C=O) groups is 1. The molecule has 0 aliphatic heterocycles. The second-order valence-electron chi connectivity index (χ2n) is 5.98. The highest BCUT2D eigenvalue weighted by molar-refractivity contribution is 6.71. The summed E-state index contributed by atoms with van der Waals surface area (Å²) in [5, 5.41) is 10.8. The SMILES string of the molecule is CCCC[Si](C)(C)ON(C)C(CC(C)C)C(=O)O. The van der Waals surface area contributed by atoms with Crippen LogP contribution in [0.25, 0.3) is 0 Å². The standard InChI is InChI=1S/C13H29NO3Si/c1-7-8-9-18(5,6)17-14(4)12(13(15)16)10-11(2)3/h11-12H,7-10H2,1-6H3,(H,15,16). The molecule has 5 heteroatoms. The summed E-state index contributed by atoms with van der Waals surface area (Å²) >= 11 is 0. The second kappa shape index (κ2) is 7.91. The number of unbranched alkanes of at least 4 members (excludes halogenated alkanes) is 1. The van der Waals surface area contributed by atoms with Gasteiger partial charge in [-0.15, -0.1) is 0 Å². The van der Waals surface area contributed by atoms with Crippen LogP contribution >= 0.6 is 0 Å². The van der Waals surface area contributed by atoms with Crippen LogP contribution < -0.4 is 0 Å². The van der Waals surface area contributed by atoms with Gasteiger partial charge in [0.25, 0.3) is 0 Å². The van der Waals surface area contributed by atoms with Crippen molar-refractivity contribution in [3.8, 4) is 0 Å². The fraction of sp³-hybridized carbons (Fsp3) is 0.923. The third kappa shape index (κ3) is 7.13. The Morgan fingerprint density at radius 1 is 1.39 bits per heavy atom. The van der Waals surface area contributed by atoms with Crippen molar-refractivity contribution in [1.82, 2.24) is 5.06 Å². The van der Waals surface area contributed by atoms with Crippen molar-refractivity contribution >= 4 is 14.3 Å². The summed E-state index contributed by atoms with van der Waals surface area (Å²) in [4.78, 5) is 11.3. The maximum Gasteiger partial charge on any atom is 0.323 e. The van der Waals surface area contributed by atoms with Crippen molar-refractivity contribution < 1.29 is 14.4 Å². The number of rotatable bonds is 9. The van der Waals surface area contributed by atoms with Gasteiger partial charge in [-0.1, -0.05) is 33.6 Å². The summed E-state index contributed by atoms with van der Waals surface area (Å²) in [6, 6.07) is 0.528. The van der Waals surface area contributed by atoms with Gasteiger partial charge in [-0.3, -0.25) is 4.79 Å². The van der Waals surface area contributed by atoms with Crippen molar-refractivity contribution in [2.45, 2.75) is 65.2 Å². The molecule has 1 unspecified atom stereocenters. The first-order valence-electron chi connectivity index (χ1n) is 6.84. The van der Waals surface area contributed by atoms with E-state index in [2.05, 4.69) is 20.0 Å². The molecule has 0 saturated heterocycles. The van der Waals surface area contributed by atoms with Gasteiger partial charge in [-0.2, -0.15) is 5.06 Å². The first-order chi connectivity index (χ1) is 8.19. The predicted molar refractivity (Wildman–Crippen MR) is 76.9 cm³/mol. The first kappa shape index (κ1) is 17.6. The number of hydrogen-bond donors (Lipinski definition) is 1. The molecule has 1 N–H and O–H groups in total. The average Bonchev–Trinajstić information content (AvgIpc) is 2.21. The zero-order chi connectivity index (χ0) is 14.3. The maximum absolute atomic E-state index is 11.3. The van der Waals surface area contributed by atoms with Gasteiger partial charge < -0.3 is 9.63 Å². The van der Waals surface area contributed by atoms with Gasteiger partial charge in [0.05, 0.1) is 0 Å². The predicted octanol–water partition coefficient (Wildman–Crippen LogP) is 3.35. The average molecular weight is 275 g/mol. The van der Waals surface area contributed by atoms with E-state index < -0.39 is 20.3 Å². The molecule has 0 rings (SSSR count). The van der Waals surface area contributed by atoms with E-state index in [0.29, 0.717) is 12.3 Å². The largest absolute Gasteiger partial charge is 0.480 e. The van der Waals surface area contributed by atoms with E-state index in [0.717, 1.165) is 18.9 Å². The van der Waals surface area contributed by atoms with Crippen molar-refractivity contribution in [3.05, 3.63) is 0 Å². The summed E-state index contributed by atoms with van der Waals surface area (Å²) in [5.41, 5.74) is 0. The lowest BCUT2D eigenvalue weighted by molar-refractivity contribution is -0.159. The highest BCUT2D eigenvalue weighted by atomic mass is 28.4. The quantitative estimate of drug-likeness (QED) is 0.518. The van der Waals surface area contributed by atoms with Crippen LogP contribution in [-0.4, -0.2) is 37.5 Å². The van der Waals surface area contributed by atoms with Gasteiger partial charge in [0.2, 0.25) is 8.32 Å². The molecular formula is C13H29NO3Si. The minimum Gasteiger partial charge on any atom is -0.480 e. The van der Waals surface area contributed by atoms with Gasteiger partial charge in [0, 0.05) is 7.05 Å². The van der Waals surface area contributed by atoms with Crippen LogP contribution in [0.3, 0.4) is 0 Å². The van der Waals surface area contributed by atoms with Crippen LogP contribution in [0.1, 0.15) is 40.0 Å². The molecule has 1 atom stereocenters.